The summed E-state index contributed by atoms with van der Waals surface area (Å²) in [6.45, 7) is 0.635. The lowest BCUT2D eigenvalue weighted by atomic mass is 10.2. The second-order valence-electron chi connectivity index (χ2n) is 6.13. The van der Waals surface area contributed by atoms with E-state index in [0.717, 1.165) is 16.1 Å². The zero-order chi connectivity index (χ0) is 19.3. The van der Waals surface area contributed by atoms with Crippen molar-refractivity contribution in [1.82, 2.24) is 9.62 Å². The minimum Gasteiger partial charge on any atom is -0.468 e. The lowest BCUT2D eigenvalue weighted by Gasteiger charge is -2.23. The number of carbonyl (C=O) groups excluding carboxylic acids is 1. The molecule has 1 fully saturated rings. The highest BCUT2D eigenvalue weighted by atomic mass is 32.2. The first kappa shape index (κ1) is 19.9. The molecule has 0 saturated carbocycles. The van der Waals surface area contributed by atoms with E-state index in [1.54, 1.807) is 18.0 Å². The van der Waals surface area contributed by atoms with Crippen molar-refractivity contribution in [3.8, 4) is 0 Å². The van der Waals surface area contributed by atoms with Gasteiger partial charge in [-0.3, -0.25) is 4.79 Å². The number of nitrogens with zero attached hydrogens (tertiary/aromatic N) is 1. The molecule has 0 spiro atoms. The van der Waals surface area contributed by atoms with Crippen molar-refractivity contribution in [1.29, 1.82) is 0 Å². The molecule has 1 N–H and O–H groups in total. The van der Waals surface area contributed by atoms with Crippen LogP contribution in [0.4, 0.5) is 4.39 Å². The summed E-state index contributed by atoms with van der Waals surface area (Å²) < 4.78 is 45.8. The average Bonchev–Trinajstić information content (AvgIpc) is 3.33. The van der Waals surface area contributed by atoms with Crippen LogP contribution in [0.5, 0.6) is 0 Å². The van der Waals surface area contributed by atoms with Gasteiger partial charge in [0.25, 0.3) is 0 Å². The summed E-state index contributed by atoms with van der Waals surface area (Å²) in [4.78, 5) is 12.1. The third-order valence-corrected chi connectivity index (χ3v) is 7.22. The molecular weight excluding hydrogens is 391 g/mol. The molecule has 2 heterocycles. The maximum atomic E-state index is 14.0. The Labute approximate surface area is 162 Å². The van der Waals surface area contributed by atoms with Gasteiger partial charge in [0.2, 0.25) is 15.9 Å². The van der Waals surface area contributed by atoms with E-state index in [9.17, 15) is 17.6 Å². The largest absolute Gasteiger partial charge is 0.468 e. The Morgan fingerprint density at radius 2 is 2.11 bits per heavy atom. The van der Waals surface area contributed by atoms with Crippen LogP contribution in [0.15, 0.2) is 52.0 Å². The number of benzene rings is 1. The standard InChI is InChI=1S/C18H21FN2O4S2/c19-15-6-1-2-8-17(15)27(23,24)21-10-3-7-16(21)18(22)20-9-12-26-13-14-5-4-11-25-14/h1-2,4-6,8,11,16H,3,7,9-10,12-13H2,(H,20,22)/t16-/m1/s1. The highest BCUT2D eigenvalue weighted by molar-refractivity contribution is 7.98. The third kappa shape index (κ3) is 4.72. The van der Waals surface area contributed by atoms with Crippen LogP contribution in [0.1, 0.15) is 18.6 Å². The minimum absolute atomic E-state index is 0.210. The predicted molar refractivity (Wildman–Crippen MR) is 101 cm³/mol. The van der Waals surface area contributed by atoms with Crippen LogP contribution in [0.3, 0.4) is 0 Å². The van der Waals surface area contributed by atoms with Crippen LogP contribution in [0.25, 0.3) is 0 Å². The summed E-state index contributed by atoms with van der Waals surface area (Å²) in [6.07, 6.45) is 2.61. The Morgan fingerprint density at radius 3 is 2.85 bits per heavy atom. The number of thioether (sulfide) groups is 1. The van der Waals surface area contributed by atoms with Gasteiger partial charge in [0.15, 0.2) is 0 Å². The Balaban J connectivity index is 1.55. The molecule has 1 aliphatic heterocycles. The van der Waals surface area contributed by atoms with Gasteiger partial charge in [0.1, 0.15) is 22.5 Å². The third-order valence-electron chi connectivity index (χ3n) is 4.30. The van der Waals surface area contributed by atoms with Crippen LogP contribution >= 0.6 is 11.8 Å². The van der Waals surface area contributed by atoms with E-state index in [2.05, 4.69) is 5.32 Å². The molecule has 1 aliphatic rings. The molecule has 0 unspecified atom stereocenters. The van der Waals surface area contributed by atoms with E-state index in [4.69, 9.17) is 4.42 Å². The van der Waals surface area contributed by atoms with Crippen molar-refractivity contribution in [2.45, 2.75) is 29.5 Å². The monoisotopic (exact) mass is 412 g/mol. The molecule has 0 aliphatic carbocycles. The van der Waals surface area contributed by atoms with Gasteiger partial charge >= 0.3 is 0 Å². The highest BCUT2D eigenvalue weighted by Crippen LogP contribution is 2.27. The molecule has 27 heavy (non-hydrogen) atoms. The molecule has 0 radical (unpaired) electrons. The maximum Gasteiger partial charge on any atom is 0.246 e. The van der Waals surface area contributed by atoms with E-state index in [1.807, 2.05) is 12.1 Å². The van der Waals surface area contributed by atoms with Gasteiger partial charge in [-0.25, -0.2) is 12.8 Å². The first-order chi connectivity index (χ1) is 13.0. The van der Waals surface area contributed by atoms with E-state index >= 15 is 0 Å². The number of rotatable bonds is 8. The topological polar surface area (TPSA) is 79.6 Å². The second kappa shape index (κ2) is 8.90. The summed E-state index contributed by atoms with van der Waals surface area (Å²) in [5.74, 6) is 1.10. The van der Waals surface area contributed by atoms with Crippen LogP contribution in [-0.4, -0.2) is 43.5 Å². The molecule has 146 valence electrons. The van der Waals surface area contributed by atoms with Crippen molar-refractivity contribution in [2.24, 2.45) is 0 Å². The summed E-state index contributed by atoms with van der Waals surface area (Å²) >= 11 is 1.61. The molecule has 2 aromatic rings. The SMILES string of the molecule is O=C(NCCSCc1ccco1)[C@H]1CCCN1S(=O)(=O)c1ccccc1F. The Morgan fingerprint density at radius 1 is 1.30 bits per heavy atom. The van der Waals surface area contributed by atoms with Gasteiger partial charge in [0, 0.05) is 18.8 Å². The molecule has 1 saturated heterocycles. The molecule has 1 amide bonds. The first-order valence-corrected chi connectivity index (χ1v) is 11.2. The van der Waals surface area contributed by atoms with Crippen molar-refractivity contribution < 1.29 is 22.0 Å². The van der Waals surface area contributed by atoms with Crippen LogP contribution < -0.4 is 5.32 Å². The molecule has 1 atom stereocenters. The molecule has 3 rings (SSSR count). The minimum atomic E-state index is -4.05. The Bertz CT molecular complexity index is 871. The molecule has 1 aromatic carbocycles. The van der Waals surface area contributed by atoms with Crippen LogP contribution in [0.2, 0.25) is 0 Å². The number of amides is 1. The summed E-state index contributed by atoms with van der Waals surface area (Å²) in [5, 5.41) is 2.78. The van der Waals surface area contributed by atoms with Crippen LogP contribution in [-0.2, 0) is 20.6 Å². The average molecular weight is 413 g/mol. The summed E-state index contributed by atoms with van der Waals surface area (Å²) in [7, 11) is -4.05. The van der Waals surface area contributed by atoms with Gasteiger partial charge in [0.05, 0.1) is 12.0 Å². The fourth-order valence-corrected chi connectivity index (χ4v) is 5.48. The number of hydrogen-bond acceptors (Lipinski definition) is 5. The number of sulfonamides is 1. The first-order valence-electron chi connectivity index (χ1n) is 8.64. The zero-order valence-corrected chi connectivity index (χ0v) is 16.3. The molecule has 1 aromatic heterocycles. The normalized spacial score (nSPS) is 17.9. The van der Waals surface area contributed by atoms with Gasteiger partial charge < -0.3 is 9.73 Å². The van der Waals surface area contributed by atoms with E-state index < -0.39 is 26.8 Å². The number of hydrogen-bond donors (Lipinski definition) is 1. The Kier molecular flexibility index (Phi) is 6.56. The Hall–Kier alpha value is -1.84. The fourth-order valence-electron chi connectivity index (χ4n) is 3.00. The second-order valence-corrected chi connectivity index (χ2v) is 9.09. The van der Waals surface area contributed by atoms with Crippen LogP contribution in [0, 0.1) is 5.82 Å². The van der Waals surface area contributed by atoms with E-state index in [0.29, 0.717) is 30.9 Å². The molecular formula is C18H21FN2O4S2. The van der Waals surface area contributed by atoms with Gasteiger partial charge in [-0.05, 0) is 37.1 Å². The van der Waals surface area contributed by atoms with E-state index in [-0.39, 0.29) is 12.5 Å². The summed E-state index contributed by atoms with van der Waals surface area (Å²) in [5.41, 5.74) is 0. The van der Waals surface area contributed by atoms with Crippen molar-refractivity contribution in [3.63, 3.8) is 0 Å². The van der Waals surface area contributed by atoms with E-state index in [1.165, 1.54) is 18.2 Å². The lowest BCUT2D eigenvalue weighted by Crippen LogP contribution is -2.46. The van der Waals surface area contributed by atoms with Crippen molar-refractivity contribution >= 4 is 27.7 Å². The number of halogens is 1. The molecule has 9 heteroatoms. The maximum absolute atomic E-state index is 14.0. The highest BCUT2D eigenvalue weighted by Gasteiger charge is 2.40. The fraction of sp³-hybridized carbons (Fsp3) is 0.389. The summed E-state index contributed by atoms with van der Waals surface area (Å²) in [6, 6.07) is 8.14. The van der Waals surface area contributed by atoms with Gasteiger partial charge in [-0.15, -0.1) is 0 Å². The lowest BCUT2D eigenvalue weighted by molar-refractivity contribution is -0.124. The zero-order valence-electron chi connectivity index (χ0n) is 14.6. The number of nitrogens with one attached hydrogen (secondary N) is 1. The quantitative estimate of drug-likeness (QED) is 0.675. The molecule has 6 nitrogen and oxygen atoms in total. The van der Waals surface area contributed by atoms with Gasteiger partial charge in [-0.2, -0.15) is 16.1 Å². The van der Waals surface area contributed by atoms with Gasteiger partial charge in [-0.1, -0.05) is 12.1 Å². The smallest absolute Gasteiger partial charge is 0.246 e. The van der Waals surface area contributed by atoms with Crippen molar-refractivity contribution in [3.05, 3.63) is 54.2 Å². The predicted octanol–water partition coefficient (Wildman–Crippen LogP) is 2.62. The van der Waals surface area contributed by atoms with Crippen molar-refractivity contribution in [2.75, 3.05) is 18.8 Å². The number of carbonyl (C=O) groups is 1. The number of furan rings is 1. The molecule has 0 bridgehead atoms.